The SMILES string of the molecule is CCN1C(=O)C2C(N=C3N(c4cc(C)ccc4C)CCN32)N(C)C1=O. The molecule has 4 rings (SSSR count). The molecule has 0 aliphatic carbocycles. The molecule has 2 atom stereocenters. The Hall–Kier alpha value is -2.57. The summed E-state index contributed by atoms with van der Waals surface area (Å²) in [6.07, 6.45) is -0.439. The fraction of sp³-hybridized carbons (Fsp3) is 0.500. The summed E-state index contributed by atoms with van der Waals surface area (Å²) in [5, 5.41) is 0. The number of nitrogens with zero attached hydrogens (tertiary/aromatic N) is 5. The van der Waals surface area contributed by atoms with Crippen molar-refractivity contribution in [3.8, 4) is 0 Å². The van der Waals surface area contributed by atoms with Crippen LogP contribution in [0.1, 0.15) is 18.1 Å². The zero-order chi connectivity index (χ0) is 17.9. The lowest BCUT2D eigenvalue weighted by Crippen LogP contribution is -2.64. The van der Waals surface area contributed by atoms with Gasteiger partial charge in [-0.3, -0.25) is 9.69 Å². The maximum Gasteiger partial charge on any atom is 0.328 e. The monoisotopic (exact) mass is 341 g/mol. The van der Waals surface area contributed by atoms with E-state index in [2.05, 4.69) is 41.8 Å². The van der Waals surface area contributed by atoms with Gasteiger partial charge < -0.3 is 14.7 Å². The largest absolute Gasteiger partial charge is 0.328 e. The molecule has 1 aromatic rings. The van der Waals surface area contributed by atoms with E-state index < -0.39 is 12.2 Å². The van der Waals surface area contributed by atoms with E-state index in [-0.39, 0.29) is 11.9 Å². The molecule has 2 unspecified atom stereocenters. The number of guanidine groups is 1. The molecule has 0 radical (unpaired) electrons. The van der Waals surface area contributed by atoms with E-state index in [0.29, 0.717) is 6.54 Å². The van der Waals surface area contributed by atoms with Crippen molar-refractivity contribution in [2.24, 2.45) is 4.99 Å². The first-order valence-corrected chi connectivity index (χ1v) is 8.71. The van der Waals surface area contributed by atoms with Crippen LogP contribution in [-0.2, 0) is 4.79 Å². The lowest BCUT2D eigenvalue weighted by atomic mass is 10.1. The van der Waals surface area contributed by atoms with E-state index >= 15 is 0 Å². The molecule has 25 heavy (non-hydrogen) atoms. The van der Waals surface area contributed by atoms with Crippen molar-refractivity contribution in [2.75, 3.05) is 31.6 Å². The third-order valence-corrected chi connectivity index (χ3v) is 5.35. The Kier molecular flexibility index (Phi) is 3.49. The number of carbonyl (C=O) groups is 2. The zero-order valence-electron chi connectivity index (χ0n) is 15.1. The molecule has 3 amide bonds. The van der Waals surface area contributed by atoms with Gasteiger partial charge in [0.25, 0.3) is 5.91 Å². The first-order chi connectivity index (χ1) is 11.9. The highest BCUT2D eigenvalue weighted by Gasteiger charge is 2.54. The highest BCUT2D eigenvalue weighted by molar-refractivity contribution is 6.08. The third kappa shape index (κ3) is 2.14. The second-order valence-corrected chi connectivity index (χ2v) is 6.90. The van der Waals surface area contributed by atoms with Gasteiger partial charge in [-0.1, -0.05) is 12.1 Å². The molecule has 2 fully saturated rings. The van der Waals surface area contributed by atoms with Crippen LogP contribution in [0.3, 0.4) is 0 Å². The van der Waals surface area contributed by atoms with Gasteiger partial charge in [0.2, 0.25) is 5.96 Å². The molecule has 0 spiro atoms. The summed E-state index contributed by atoms with van der Waals surface area (Å²) in [5.41, 5.74) is 3.49. The topological polar surface area (TPSA) is 59.5 Å². The predicted molar refractivity (Wildman–Crippen MR) is 95.5 cm³/mol. The summed E-state index contributed by atoms with van der Waals surface area (Å²) in [5.74, 6) is 0.659. The third-order valence-electron chi connectivity index (χ3n) is 5.35. The van der Waals surface area contributed by atoms with Crippen LogP contribution in [0, 0.1) is 13.8 Å². The Balaban J connectivity index is 1.73. The van der Waals surface area contributed by atoms with Crippen LogP contribution >= 0.6 is 0 Å². The van der Waals surface area contributed by atoms with Gasteiger partial charge in [0.05, 0.1) is 0 Å². The minimum atomic E-state index is -0.439. The maximum absolute atomic E-state index is 12.8. The molecule has 7 heteroatoms. The van der Waals surface area contributed by atoms with Crippen molar-refractivity contribution in [3.63, 3.8) is 0 Å². The molecule has 0 bridgehead atoms. The maximum atomic E-state index is 12.8. The molecule has 3 aliphatic heterocycles. The second kappa shape index (κ2) is 5.47. The minimum absolute atomic E-state index is 0.142. The summed E-state index contributed by atoms with van der Waals surface area (Å²) < 4.78 is 0. The van der Waals surface area contributed by atoms with Crippen molar-refractivity contribution in [3.05, 3.63) is 29.3 Å². The summed E-state index contributed by atoms with van der Waals surface area (Å²) in [6.45, 7) is 7.89. The number of benzene rings is 1. The quantitative estimate of drug-likeness (QED) is 0.816. The van der Waals surface area contributed by atoms with E-state index in [0.717, 1.165) is 24.7 Å². The number of urea groups is 1. The molecular formula is C18H23N5O2. The molecular weight excluding hydrogens is 318 g/mol. The van der Waals surface area contributed by atoms with Crippen LogP contribution in [0.25, 0.3) is 0 Å². The van der Waals surface area contributed by atoms with Crippen LogP contribution in [-0.4, -0.2) is 71.5 Å². The fourth-order valence-electron chi connectivity index (χ4n) is 3.97. The number of hydrogen-bond donors (Lipinski definition) is 0. The Morgan fingerprint density at radius 2 is 1.96 bits per heavy atom. The number of amides is 3. The van der Waals surface area contributed by atoms with E-state index in [1.54, 1.807) is 11.9 Å². The number of imide groups is 1. The molecule has 132 valence electrons. The van der Waals surface area contributed by atoms with Crippen molar-refractivity contribution in [1.29, 1.82) is 0 Å². The number of fused-ring (bicyclic) bond motifs is 3. The number of rotatable bonds is 2. The molecule has 0 N–H and O–H groups in total. The van der Waals surface area contributed by atoms with Gasteiger partial charge in [0, 0.05) is 32.4 Å². The summed E-state index contributed by atoms with van der Waals surface area (Å²) in [4.78, 5) is 37.2. The van der Waals surface area contributed by atoms with Crippen LogP contribution in [0.15, 0.2) is 23.2 Å². The van der Waals surface area contributed by atoms with Gasteiger partial charge in [0.15, 0.2) is 12.2 Å². The van der Waals surface area contributed by atoms with E-state index in [9.17, 15) is 9.59 Å². The summed E-state index contributed by atoms with van der Waals surface area (Å²) in [7, 11) is 1.73. The van der Waals surface area contributed by atoms with Crippen molar-refractivity contribution < 1.29 is 9.59 Å². The lowest BCUT2D eigenvalue weighted by molar-refractivity contribution is -0.137. The lowest BCUT2D eigenvalue weighted by Gasteiger charge is -2.40. The zero-order valence-corrected chi connectivity index (χ0v) is 15.1. The molecule has 7 nitrogen and oxygen atoms in total. The van der Waals surface area contributed by atoms with Gasteiger partial charge in [-0.2, -0.15) is 0 Å². The normalized spacial score (nSPS) is 25.5. The Morgan fingerprint density at radius 3 is 2.68 bits per heavy atom. The van der Waals surface area contributed by atoms with Crippen LogP contribution in [0.4, 0.5) is 10.5 Å². The van der Waals surface area contributed by atoms with E-state index in [4.69, 9.17) is 4.99 Å². The standard InChI is InChI=1S/C18H23N5O2/c1-5-21-16(24)14-15(20(4)18(21)25)19-17-22(8-9-23(14)17)13-10-11(2)6-7-12(13)3/h6-7,10,14-15H,5,8-9H2,1-4H3. The van der Waals surface area contributed by atoms with E-state index in [1.807, 2.05) is 6.92 Å². The highest BCUT2D eigenvalue weighted by Crippen LogP contribution is 2.34. The first-order valence-electron chi connectivity index (χ1n) is 8.71. The molecule has 1 aromatic carbocycles. The second-order valence-electron chi connectivity index (χ2n) is 6.90. The van der Waals surface area contributed by atoms with Gasteiger partial charge in [0.1, 0.15) is 0 Å². The Morgan fingerprint density at radius 1 is 1.20 bits per heavy atom. The molecule has 0 saturated carbocycles. The molecule has 2 saturated heterocycles. The number of likely N-dealkylation sites (N-methyl/N-ethyl adjacent to an activating group) is 2. The average Bonchev–Trinajstić information content (AvgIpc) is 3.15. The van der Waals surface area contributed by atoms with E-state index in [1.165, 1.54) is 16.0 Å². The van der Waals surface area contributed by atoms with Crippen LogP contribution in [0.5, 0.6) is 0 Å². The minimum Gasteiger partial charge on any atom is -0.325 e. The van der Waals surface area contributed by atoms with Gasteiger partial charge in [-0.25, -0.2) is 9.79 Å². The Bertz CT molecular complexity index is 790. The number of aliphatic imine (C=N–C) groups is 1. The van der Waals surface area contributed by atoms with Gasteiger partial charge in [-0.05, 0) is 38.0 Å². The average molecular weight is 341 g/mol. The summed E-state index contributed by atoms with van der Waals surface area (Å²) >= 11 is 0. The first kappa shape index (κ1) is 15.9. The predicted octanol–water partition coefficient (Wildman–Crippen LogP) is 1.40. The fourth-order valence-corrected chi connectivity index (χ4v) is 3.97. The van der Waals surface area contributed by atoms with Crippen LogP contribution < -0.4 is 4.90 Å². The van der Waals surface area contributed by atoms with Crippen molar-refractivity contribution in [1.82, 2.24) is 14.7 Å². The van der Waals surface area contributed by atoms with Crippen molar-refractivity contribution >= 4 is 23.6 Å². The van der Waals surface area contributed by atoms with Gasteiger partial charge >= 0.3 is 6.03 Å². The number of hydrogen-bond acceptors (Lipinski definition) is 5. The van der Waals surface area contributed by atoms with Crippen LogP contribution in [0.2, 0.25) is 0 Å². The summed E-state index contributed by atoms with van der Waals surface area (Å²) in [6, 6.07) is 5.68. The molecule has 3 aliphatic rings. The van der Waals surface area contributed by atoms with Gasteiger partial charge in [-0.15, -0.1) is 0 Å². The van der Waals surface area contributed by atoms with Crippen molar-refractivity contribution in [2.45, 2.75) is 33.0 Å². The number of carbonyl (C=O) groups excluding carboxylic acids is 2. The number of aryl methyl sites for hydroxylation is 2. The smallest absolute Gasteiger partial charge is 0.325 e. The number of anilines is 1. The Labute approximate surface area is 147 Å². The molecule has 3 heterocycles. The molecule has 0 aromatic heterocycles. The highest BCUT2D eigenvalue weighted by atomic mass is 16.2.